The molecule has 0 aromatic rings. The van der Waals surface area contributed by atoms with E-state index in [4.69, 9.17) is 15.5 Å². The highest BCUT2D eigenvalue weighted by Gasteiger charge is 2.35. The predicted molar refractivity (Wildman–Crippen MR) is 99.5 cm³/mol. The third-order valence-corrected chi connectivity index (χ3v) is 4.81. The van der Waals surface area contributed by atoms with Gasteiger partial charge in [-0.3, -0.25) is 18.9 Å². The van der Waals surface area contributed by atoms with Gasteiger partial charge in [0.2, 0.25) is 16.9 Å². The smallest absolute Gasteiger partial charge is 0.383 e. The van der Waals surface area contributed by atoms with Gasteiger partial charge in [-0.25, -0.2) is 4.57 Å². The second-order valence-corrected chi connectivity index (χ2v) is 8.84. The molecule has 0 aromatic carbocycles. The lowest BCUT2D eigenvalue weighted by Crippen LogP contribution is -2.46. The Labute approximate surface area is 162 Å². The highest BCUT2D eigenvalue weighted by atomic mass is 32.2. The zero-order chi connectivity index (χ0) is 21.3. The molecule has 158 valence electrons. The van der Waals surface area contributed by atoms with Gasteiger partial charge in [-0.1, -0.05) is 25.6 Å². The van der Waals surface area contributed by atoms with Crippen LogP contribution < -0.4 is 16.4 Å². The third-order valence-electron chi connectivity index (χ3n) is 3.28. The van der Waals surface area contributed by atoms with E-state index in [0.29, 0.717) is 5.75 Å². The lowest BCUT2D eigenvalue weighted by atomic mass is 9.87. The van der Waals surface area contributed by atoms with Crippen molar-refractivity contribution in [2.24, 2.45) is 11.1 Å². The average molecular weight is 429 g/mol. The maximum atomic E-state index is 11.9. The van der Waals surface area contributed by atoms with Gasteiger partial charge in [0, 0.05) is 30.7 Å². The van der Waals surface area contributed by atoms with Crippen LogP contribution in [0.2, 0.25) is 0 Å². The van der Waals surface area contributed by atoms with Crippen LogP contribution in [0.3, 0.4) is 0 Å². The van der Waals surface area contributed by atoms with Crippen LogP contribution >= 0.6 is 19.6 Å². The fourth-order valence-electron chi connectivity index (χ4n) is 1.64. The molecular weight excluding hydrogens is 401 g/mol. The van der Waals surface area contributed by atoms with Crippen molar-refractivity contribution in [3.8, 4) is 0 Å². The number of aliphatic hydroxyl groups excluding tert-OH is 1. The standard InChI is InChI=1S/C14H28N3O8PS/c1-9(15)13(21)27-7-6-16-10(18)4-5-17-12(20)11(19)14(2,3)8-25-26(22,23)24/h9,11,19H,4-8,15H2,1-3H3,(H,16,18)(H,17,20)(H2,22,23,24)/t9-,11-/m1/s1. The molecule has 0 saturated carbocycles. The monoisotopic (exact) mass is 429 g/mol. The fraction of sp³-hybridized carbons (Fsp3) is 0.786. The highest BCUT2D eigenvalue weighted by Crippen LogP contribution is 2.38. The van der Waals surface area contributed by atoms with Crippen molar-refractivity contribution < 1.29 is 38.4 Å². The summed E-state index contributed by atoms with van der Waals surface area (Å²) in [5.41, 5.74) is 4.15. The molecule has 0 saturated heterocycles. The Morgan fingerprint density at radius 1 is 1.22 bits per heavy atom. The summed E-state index contributed by atoms with van der Waals surface area (Å²) < 4.78 is 15.0. The SMILES string of the molecule is C[C@@H](N)C(=O)SCCNC(=O)CCNC(=O)[C@@H](O)C(C)(C)COP(=O)(O)O. The second kappa shape index (κ2) is 11.7. The molecule has 0 aliphatic rings. The lowest BCUT2D eigenvalue weighted by Gasteiger charge is -2.29. The zero-order valence-corrected chi connectivity index (χ0v) is 17.2. The van der Waals surface area contributed by atoms with Crippen LogP contribution in [0.5, 0.6) is 0 Å². The topological polar surface area (TPSA) is 188 Å². The van der Waals surface area contributed by atoms with Crippen LogP contribution in [0.1, 0.15) is 27.2 Å². The number of thioether (sulfide) groups is 1. The number of hydrogen-bond acceptors (Lipinski definition) is 8. The molecule has 2 atom stereocenters. The van der Waals surface area contributed by atoms with E-state index in [0.717, 1.165) is 11.8 Å². The molecule has 0 aliphatic carbocycles. The van der Waals surface area contributed by atoms with Crippen molar-refractivity contribution in [1.29, 1.82) is 0 Å². The van der Waals surface area contributed by atoms with E-state index in [9.17, 15) is 24.1 Å². The normalized spacial score (nSPS) is 14.3. The Kier molecular flexibility index (Phi) is 11.3. The summed E-state index contributed by atoms with van der Waals surface area (Å²) in [5, 5.41) is 14.8. The predicted octanol–water partition coefficient (Wildman–Crippen LogP) is -1.29. The van der Waals surface area contributed by atoms with E-state index in [1.54, 1.807) is 6.92 Å². The number of carbonyl (C=O) groups is 3. The summed E-state index contributed by atoms with van der Waals surface area (Å²) in [6.45, 7) is 4.07. The van der Waals surface area contributed by atoms with Gasteiger partial charge in [-0.2, -0.15) is 0 Å². The van der Waals surface area contributed by atoms with Crippen LogP contribution in [0.15, 0.2) is 0 Å². The number of carbonyl (C=O) groups excluding carboxylic acids is 3. The van der Waals surface area contributed by atoms with Gasteiger partial charge in [0.25, 0.3) is 0 Å². The molecule has 0 rings (SSSR count). The van der Waals surface area contributed by atoms with Crippen molar-refractivity contribution in [3.05, 3.63) is 0 Å². The summed E-state index contributed by atoms with van der Waals surface area (Å²) >= 11 is 1.02. The van der Waals surface area contributed by atoms with Gasteiger partial charge < -0.3 is 31.3 Å². The Morgan fingerprint density at radius 3 is 2.33 bits per heavy atom. The molecular formula is C14H28N3O8PS. The lowest BCUT2D eigenvalue weighted by molar-refractivity contribution is -0.137. The molecule has 0 unspecified atom stereocenters. The maximum absolute atomic E-state index is 11.9. The molecule has 0 fully saturated rings. The maximum Gasteiger partial charge on any atom is 0.469 e. The first-order valence-electron chi connectivity index (χ1n) is 8.11. The van der Waals surface area contributed by atoms with Gasteiger partial charge in [-0.15, -0.1) is 0 Å². The largest absolute Gasteiger partial charge is 0.469 e. The highest BCUT2D eigenvalue weighted by molar-refractivity contribution is 8.13. The van der Waals surface area contributed by atoms with Gasteiger partial charge >= 0.3 is 7.82 Å². The van der Waals surface area contributed by atoms with Crippen LogP contribution in [0, 0.1) is 5.41 Å². The number of amides is 2. The van der Waals surface area contributed by atoms with Gasteiger partial charge in [0.1, 0.15) is 6.10 Å². The summed E-state index contributed by atoms with van der Waals surface area (Å²) in [6, 6.07) is -0.566. The van der Waals surface area contributed by atoms with E-state index in [1.807, 2.05) is 0 Å². The number of nitrogens with two attached hydrogens (primary N) is 1. The summed E-state index contributed by atoms with van der Waals surface area (Å²) in [4.78, 5) is 52.2. The van der Waals surface area contributed by atoms with Crippen LogP contribution in [-0.4, -0.2) is 69.4 Å². The Hall–Kier alpha value is -1.01. The molecule has 27 heavy (non-hydrogen) atoms. The number of nitrogens with one attached hydrogen (secondary N) is 2. The first kappa shape index (κ1) is 26.0. The Bertz CT molecular complexity index is 567. The first-order valence-corrected chi connectivity index (χ1v) is 10.6. The molecule has 13 heteroatoms. The van der Waals surface area contributed by atoms with E-state index >= 15 is 0 Å². The molecule has 0 radical (unpaired) electrons. The zero-order valence-electron chi connectivity index (χ0n) is 15.5. The minimum absolute atomic E-state index is 0.0379. The quantitative estimate of drug-likeness (QED) is 0.161. The fourth-order valence-corrected chi connectivity index (χ4v) is 2.81. The Balaban J connectivity index is 4.11. The van der Waals surface area contributed by atoms with E-state index in [2.05, 4.69) is 15.2 Å². The van der Waals surface area contributed by atoms with Crippen LogP contribution in [-0.2, 0) is 23.5 Å². The molecule has 7 N–H and O–H groups in total. The number of phosphoric ester groups is 1. The van der Waals surface area contributed by atoms with E-state index in [-0.39, 0.29) is 30.5 Å². The summed E-state index contributed by atoms with van der Waals surface area (Å²) in [5.74, 6) is -0.756. The van der Waals surface area contributed by atoms with Gasteiger partial charge in [0.05, 0.1) is 12.6 Å². The van der Waals surface area contributed by atoms with E-state index < -0.39 is 37.9 Å². The van der Waals surface area contributed by atoms with Crippen molar-refractivity contribution >= 4 is 36.5 Å². The second-order valence-electron chi connectivity index (χ2n) is 6.50. The van der Waals surface area contributed by atoms with Crippen LogP contribution in [0.4, 0.5) is 0 Å². The molecule has 2 amide bonds. The van der Waals surface area contributed by atoms with Crippen molar-refractivity contribution in [2.75, 3.05) is 25.4 Å². The average Bonchev–Trinajstić information content (AvgIpc) is 2.55. The first-order chi connectivity index (χ1) is 12.3. The van der Waals surface area contributed by atoms with Crippen molar-refractivity contribution in [3.63, 3.8) is 0 Å². The molecule has 0 aromatic heterocycles. The minimum Gasteiger partial charge on any atom is -0.383 e. The van der Waals surface area contributed by atoms with Gasteiger partial charge in [-0.05, 0) is 6.92 Å². The molecule has 0 aliphatic heterocycles. The molecule has 0 bridgehead atoms. The van der Waals surface area contributed by atoms with E-state index in [1.165, 1.54) is 13.8 Å². The number of hydrogen-bond donors (Lipinski definition) is 6. The molecule has 0 spiro atoms. The third kappa shape index (κ3) is 12.1. The van der Waals surface area contributed by atoms with Crippen LogP contribution in [0.25, 0.3) is 0 Å². The summed E-state index contributed by atoms with van der Waals surface area (Å²) in [6.07, 6.45) is -1.63. The summed E-state index contributed by atoms with van der Waals surface area (Å²) in [7, 11) is -4.72. The number of aliphatic hydroxyl groups is 1. The van der Waals surface area contributed by atoms with Crippen molar-refractivity contribution in [2.45, 2.75) is 39.3 Å². The van der Waals surface area contributed by atoms with Gasteiger partial charge in [0.15, 0.2) is 0 Å². The molecule has 11 nitrogen and oxygen atoms in total. The minimum atomic E-state index is -4.72. The number of phosphoric acid groups is 1. The Morgan fingerprint density at radius 2 is 1.81 bits per heavy atom. The molecule has 0 heterocycles. The van der Waals surface area contributed by atoms with Crippen molar-refractivity contribution in [1.82, 2.24) is 10.6 Å². The number of rotatable bonds is 12.